The number of halogens is 3. The summed E-state index contributed by atoms with van der Waals surface area (Å²) in [6.07, 6.45) is 0. The number of hydrogen-bond acceptors (Lipinski definition) is 2. The third-order valence-electron chi connectivity index (χ3n) is 2.93. The molecule has 0 N–H and O–H groups in total. The van der Waals surface area contributed by atoms with Crippen molar-refractivity contribution in [2.45, 2.75) is 4.83 Å². The molecule has 20 heavy (non-hydrogen) atoms. The molecule has 0 aromatic heterocycles. The summed E-state index contributed by atoms with van der Waals surface area (Å²) < 4.78 is 11.5. The van der Waals surface area contributed by atoms with Gasteiger partial charge in [-0.3, -0.25) is 0 Å². The van der Waals surface area contributed by atoms with E-state index in [4.69, 9.17) is 21.1 Å². The van der Waals surface area contributed by atoms with Gasteiger partial charge < -0.3 is 9.47 Å². The van der Waals surface area contributed by atoms with Crippen molar-refractivity contribution in [3.8, 4) is 11.5 Å². The molecule has 0 spiro atoms. The van der Waals surface area contributed by atoms with E-state index in [0.29, 0.717) is 5.02 Å². The van der Waals surface area contributed by atoms with Crippen LogP contribution in [-0.2, 0) is 0 Å². The molecule has 2 aromatic carbocycles. The van der Waals surface area contributed by atoms with E-state index in [0.717, 1.165) is 27.1 Å². The van der Waals surface area contributed by atoms with Crippen molar-refractivity contribution >= 4 is 43.5 Å². The van der Waals surface area contributed by atoms with Crippen LogP contribution < -0.4 is 9.47 Å². The van der Waals surface area contributed by atoms with Gasteiger partial charge in [-0.2, -0.15) is 0 Å². The van der Waals surface area contributed by atoms with Gasteiger partial charge in [0.15, 0.2) is 0 Å². The molecule has 2 rings (SSSR count). The lowest BCUT2D eigenvalue weighted by molar-refractivity contribution is 0.410. The van der Waals surface area contributed by atoms with Crippen molar-refractivity contribution in [1.29, 1.82) is 0 Å². The quantitative estimate of drug-likeness (QED) is 0.599. The number of ether oxygens (including phenoxy) is 2. The summed E-state index contributed by atoms with van der Waals surface area (Å²) in [4.78, 5) is -0.0154. The molecule has 5 heteroatoms. The van der Waals surface area contributed by atoms with Crippen molar-refractivity contribution < 1.29 is 9.47 Å². The summed E-state index contributed by atoms with van der Waals surface area (Å²) in [5.41, 5.74) is 2.07. The van der Waals surface area contributed by atoms with E-state index in [1.807, 2.05) is 36.4 Å². The minimum atomic E-state index is -0.0154. The summed E-state index contributed by atoms with van der Waals surface area (Å²) in [5.74, 6) is 1.59. The second-order valence-corrected chi connectivity index (χ2v) is 6.35. The Kier molecular flexibility index (Phi) is 5.35. The molecule has 0 aliphatic rings. The van der Waals surface area contributed by atoms with Gasteiger partial charge in [-0.05, 0) is 51.8 Å². The highest BCUT2D eigenvalue weighted by atomic mass is 79.9. The molecular weight excluding hydrogens is 407 g/mol. The first kappa shape index (κ1) is 15.7. The third-order valence-corrected chi connectivity index (χ3v) is 4.81. The highest BCUT2D eigenvalue weighted by molar-refractivity contribution is 9.10. The lowest BCUT2D eigenvalue weighted by atomic mass is 10.0. The van der Waals surface area contributed by atoms with Crippen LogP contribution in [0.1, 0.15) is 16.0 Å². The number of hydrogen-bond donors (Lipinski definition) is 0. The molecule has 0 amide bonds. The van der Waals surface area contributed by atoms with Crippen LogP contribution in [0.5, 0.6) is 11.5 Å². The van der Waals surface area contributed by atoms with Crippen LogP contribution in [-0.4, -0.2) is 14.2 Å². The van der Waals surface area contributed by atoms with Gasteiger partial charge in [0.05, 0.1) is 23.5 Å². The Morgan fingerprint density at radius 2 is 1.65 bits per heavy atom. The second-order valence-electron chi connectivity index (χ2n) is 4.14. The van der Waals surface area contributed by atoms with Crippen molar-refractivity contribution in [2.75, 3.05) is 14.2 Å². The first-order chi connectivity index (χ1) is 9.56. The number of benzene rings is 2. The largest absolute Gasteiger partial charge is 0.496 e. The van der Waals surface area contributed by atoms with Gasteiger partial charge in [-0.25, -0.2) is 0 Å². The maximum atomic E-state index is 6.08. The van der Waals surface area contributed by atoms with Gasteiger partial charge in [0.2, 0.25) is 0 Å². The smallest absolute Gasteiger partial charge is 0.133 e. The molecule has 1 unspecified atom stereocenters. The Morgan fingerprint density at radius 3 is 2.25 bits per heavy atom. The number of methoxy groups -OCH3 is 2. The highest BCUT2D eigenvalue weighted by Crippen LogP contribution is 2.40. The van der Waals surface area contributed by atoms with Crippen LogP contribution >= 0.6 is 43.5 Å². The summed E-state index contributed by atoms with van der Waals surface area (Å²) in [7, 11) is 3.29. The summed E-state index contributed by atoms with van der Waals surface area (Å²) in [5, 5.41) is 0.679. The van der Waals surface area contributed by atoms with Crippen LogP contribution in [0.3, 0.4) is 0 Å². The van der Waals surface area contributed by atoms with Gasteiger partial charge in [-0.1, -0.05) is 33.6 Å². The minimum absolute atomic E-state index is 0.0154. The van der Waals surface area contributed by atoms with E-state index < -0.39 is 0 Å². The van der Waals surface area contributed by atoms with E-state index in [2.05, 4.69) is 31.9 Å². The Bertz CT molecular complexity index is 617. The average molecular weight is 421 g/mol. The molecule has 0 saturated carbocycles. The maximum Gasteiger partial charge on any atom is 0.133 e. The van der Waals surface area contributed by atoms with E-state index in [9.17, 15) is 0 Å². The van der Waals surface area contributed by atoms with Gasteiger partial charge in [0.1, 0.15) is 11.5 Å². The Balaban J connectivity index is 2.43. The SMILES string of the molecule is COc1ccc(C(Br)c2cc(Cl)ccc2OC)cc1Br. The zero-order chi connectivity index (χ0) is 14.7. The molecule has 2 nitrogen and oxygen atoms in total. The van der Waals surface area contributed by atoms with Crippen molar-refractivity contribution in [3.63, 3.8) is 0 Å². The predicted molar refractivity (Wildman–Crippen MR) is 89.5 cm³/mol. The molecule has 0 bridgehead atoms. The zero-order valence-electron chi connectivity index (χ0n) is 11.0. The Hall–Kier alpha value is -0.710. The monoisotopic (exact) mass is 418 g/mol. The molecule has 0 aliphatic heterocycles. The minimum Gasteiger partial charge on any atom is -0.496 e. The lowest BCUT2D eigenvalue weighted by Crippen LogP contribution is -1.98. The first-order valence-electron chi connectivity index (χ1n) is 5.87. The molecule has 0 fully saturated rings. The van der Waals surface area contributed by atoms with Crippen molar-refractivity contribution in [1.82, 2.24) is 0 Å². The van der Waals surface area contributed by atoms with Crippen LogP contribution in [0.2, 0.25) is 5.02 Å². The molecule has 2 aromatic rings. The topological polar surface area (TPSA) is 18.5 Å². The van der Waals surface area contributed by atoms with E-state index in [-0.39, 0.29) is 4.83 Å². The molecule has 0 aliphatic carbocycles. The second kappa shape index (κ2) is 6.83. The Labute approximate surface area is 140 Å². The molecular formula is C15H13Br2ClO2. The predicted octanol–water partition coefficient (Wildman–Crippen LogP) is 5.60. The molecule has 0 heterocycles. The molecule has 0 radical (unpaired) electrons. The van der Waals surface area contributed by atoms with Crippen molar-refractivity contribution in [3.05, 3.63) is 57.0 Å². The first-order valence-corrected chi connectivity index (χ1v) is 7.96. The zero-order valence-corrected chi connectivity index (χ0v) is 14.9. The lowest BCUT2D eigenvalue weighted by Gasteiger charge is -2.16. The fraction of sp³-hybridized carbons (Fsp3) is 0.200. The van der Waals surface area contributed by atoms with Crippen LogP contribution in [0.25, 0.3) is 0 Å². The number of alkyl halides is 1. The average Bonchev–Trinajstić information content (AvgIpc) is 2.46. The van der Waals surface area contributed by atoms with Gasteiger partial charge in [0.25, 0.3) is 0 Å². The van der Waals surface area contributed by atoms with E-state index in [1.165, 1.54) is 0 Å². The number of rotatable bonds is 4. The van der Waals surface area contributed by atoms with Gasteiger partial charge in [-0.15, -0.1) is 0 Å². The normalized spacial score (nSPS) is 12.1. The van der Waals surface area contributed by atoms with Crippen LogP contribution in [0.15, 0.2) is 40.9 Å². The standard InChI is InChI=1S/C15H13Br2ClO2/c1-19-13-6-4-10(18)8-11(13)15(17)9-3-5-14(20-2)12(16)7-9/h3-8,15H,1-2H3. The maximum absolute atomic E-state index is 6.08. The summed E-state index contributed by atoms with van der Waals surface area (Å²) in [6, 6.07) is 11.5. The molecule has 0 saturated heterocycles. The van der Waals surface area contributed by atoms with Gasteiger partial charge >= 0.3 is 0 Å². The van der Waals surface area contributed by atoms with E-state index in [1.54, 1.807) is 14.2 Å². The molecule has 106 valence electrons. The fourth-order valence-corrected chi connectivity index (χ4v) is 3.30. The summed E-state index contributed by atoms with van der Waals surface area (Å²) >= 11 is 13.3. The van der Waals surface area contributed by atoms with Crippen molar-refractivity contribution in [2.24, 2.45) is 0 Å². The molecule has 1 atom stereocenters. The van der Waals surface area contributed by atoms with Gasteiger partial charge in [0, 0.05) is 10.6 Å². The third kappa shape index (κ3) is 3.30. The summed E-state index contributed by atoms with van der Waals surface area (Å²) in [6.45, 7) is 0. The Morgan fingerprint density at radius 1 is 1.00 bits per heavy atom. The highest BCUT2D eigenvalue weighted by Gasteiger charge is 2.17. The van der Waals surface area contributed by atoms with E-state index >= 15 is 0 Å². The van der Waals surface area contributed by atoms with Crippen LogP contribution in [0, 0.1) is 0 Å². The van der Waals surface area contributed by atoms with Crippen LogP contribution in [0.4, 0.5) is 0 Å². The fourth-order valence-electron chi connectivity index (χ4n) is 1.92.